The van der Waals surface area contributed by atoms with Gasteiger partial charge in [-0.2, -0.15) is 0 Å². The highest BCUT2D eigenvalue weighted by Gasteiger charge is 1.99. The second-order valence-electron chi connectivity index (χ2n) is 4.88. The zero-order valence-corrected chi connectivity index (χ0v) is 12.2. The summed E-state index contributed by atoms with van der Waals surface area (Å²) >= 11 is 5.80. The van der Waals surface area contributed by atoms with E-state index in [9.17, 15) is 0 Å². The molecule has 0 fully saturated rings. The van der Waals surface area contributed by atoms with Crippen LogP contribution >= 0.6 is 11.6 Å². The molecule has 1 aromatic carbocycles. The Morgan fingerprint density at radius 3 is 2.26 bits per heavy atom. The maximum Gasteiger partial charge on any atom is 0.129 e. The monoisotopic (exact) mass is 273 g/mol. The molecule has 0 saturated heterocycles. The van der Waals surface area contributed by atoms with E-state index in [0.717, 1.165) is 5.56 Å². The Morgan fingerprint density at radius 1 is 0.895 bits per heavy atom. The minimum absolute atomic E-state index is 0.538. The molecule has 0 saturated carbocycles. The van der Waals surface area contributed by atoms with Gasteiger partial charge in [-0.25, -0.2) is 4.98 Å². The van der Waals surface area contributed by atoms with Gasteiger partial charge >= 0.3 is 0 Å². The number of halogens is 1. The van der Waals surface area contributed by atoms with Crippen molar-refractivity contribution in [2.75, 3.05) is 0 Å². The second kappa shape index (κ2) is 7.30. The van der Waals surface area contributed by atoms with Gasteiger partial charge in [-0.1, -0.05) is 62.1 Å². The number of nitrogens with zero attached hydrogens (tertiary/aromatic N) is 1. The smallest absolute Gasteiger partial charge is 0.129 e. The van der Waals surface area contributed by atoms with E-state index < -0.39 is 0 Å². The number of benzene rings is 1. The highest BCUT2D eigenvalue weighted by atomic mass is 35.5. The van der Waals surface area contributed by atoms with Crippen LogP contribution in [0.15, 0.2) is 42.6 Å². The standard InChI is InChI=1S/C17H20ClN/c1-2-3-4-5-6-14-7-9-15(10-8-14)16-11-12-17(18)19-13-16/h7-13H,2-6H2,1H3. The summed E-state index contributed by atoms with van der Waals surface area (Å²) in [7, 11) is 0. The summed E-state index contributed by atoms with van der Waals surface area (Å²) in [6, 6.07) is 12.6. The largest absolute Gasteiger partial charge is 0.244 e. The van der Waals surface area contributed by atoms with Crippen molar-refractivity contribution in [3.05, 3.63) is 53.3 Å². The molecule has 0 N–H and O–H groups in total. The van der Waals surface area contributed by atoms with Crippen molar-refractivity contribution in [3.63, 3.8) is 0 Å². The summed E-state index contributed by atoms with van der Waals surface area (Å²) in [5.74, 6) is 0. The SMILES string of the molecule is CCCCCCc1ccc(-c2ccc(Cl)nc2)cc1. The lowest BCUT2D eigenvalue weighted by atomic mass is 10.0. The topological polar surface area (TPSA) is 12.9 Å². The number of pyridine rings is 1. The molecule has 2 rings (SSSR count). The zero-order chi connectivity index (χ0) is 13.5. The van der Waals surface area contributed by atoms with Gasteiger partial charge in [0.1, 0.15) is 5.15 Å². The van der Waals surface area contributed by atoms with Gasteiger partial charge in [-0.05, 0) is 36.1 Å². The number of rotatable bonds is 6. The Labute approximate surface area is 120 Å². The number of aryl methyl sites for hydroxylation is 1. The summed E-state index contributed by atoms with van der Waals surface area (Å²) in [6.07, 6.45) is 8.25. The summed E-state index contributed by atoms with van der Waals surface area (Å²) < 4.78 is 0. The second-order valence-corrected chi connectivity index (χ2v) is 5.26. The first-order valence-corrected chi connectivity index (χ1v) is 7.38. The molecule has 0 amide bonds. The Balaban J connectivity index is 1.96. The van der Waals surface area contributed by atoms with Gasteiger partial charge in [0.25, 0.3) is 0 Å². The summed E-state index contributed by atoms with van der Waals surface area (Å²) in [5.41, 5.74) is 3.73. The fourth-order valence-corrected chi connectivity index (χ4v) is 2.28. The average Bonchev–Trinajstić information content (AvgIpc) is 2.45. The zero-order valence-electron chi connectivity index (χ0n) is 11.4. The van der Waals surface area contributed by atoms with Gasteiger partial charge in [-0.3, -0.25) is 0 Å². The summed E-state index contributed by atoms with van der Waals surface area (Å²) in [4.78, 5) is 4.11. The molecule has 1 nitrogen and oxygen atoms in total. The Morgan fingerprint density at radius 2 is 1.63 bits per heavy atom. The average molecular weight is 274 g/mol. The van der Waals surface area contributed by atoms with Crippen LogP contribution in [-0.4, -0.2) is 4.98 Å². The van der Waals surface area contributed by atoms with E-state index >= 15 is 0 Å². The molecule has 0 spiro atoms. The van der Waals surface area contributed by atoms with Crippen LogP contribution in [0, 0.1) is 0 Å². The fraction of sp³-hybridized carbons (Fsp3) is 0.353. The molecule has 0 radical (unpaired) electrons. The minimum Gasteiger partial charge on any atom is -0.244 e. The van der Waals surface area contributed by atoms with Gasteiger partial charge < -0.3 is 0 Å². The first-order chi connectivity index (χ1) is 9.29. The molecule has 0 aliphatic carbocycles. The van der Waals surface area contributed by atoms with E-state index in [1.54, 1.807) is 0 Å². The Hall–Kier alpha value is -1.34. The lowest BCUT2D eigenvalue weighted by Gasteiger charge is -2.04. The van der Waals surface area contributed by atoms with Crippen LogP contribution in [-0.2, 0) is 6.42 Å². The number of hydrogen-bond donors (Lipinski definition) is 0. The summed E-state index contributed by atoms with van der Waals surface area (Å²) in [5, 5.41) is 0.538. The van der Waals surface area contributed by atoms with Crippen LogP contribution in [0.2, 0.25) is 5.15 Å². The van der Waals surface area contributed by atoms with Crippen molar-refractivity contribution in [2.24, 2.45) is 0 Å². The van der Waals surface area contributed by atoms with Crippen molar-refractivity contribution in [3.8, 4) is 11.1 Å². The van der Waals surface area contributed by atoms with Gasteiger partial charge in [0, 0.05) is 11.8 Å². The van der Waals surface area contributed by atoms with Crippen LogP contribution in [0.4, 0.5) is 0 Å². The fourth-order valence-electron chi connectivity index (χ4n) is 2.17. The van der Waals surface area contributed by atoms with Gasteiger partial charge in [0.15, 0.2) is 0 Å². The number of unbranched alkanes of at least 4 members (excludes halogenated alkanes) is 3. The van der Waals surface area contributed by atoms with Gasteiger partial charge in [0.2, 0.25) is 0 Å². The maximum absolute atomic E-state index is 5.80. The van der Waals surface area contributed by atoms with E-state index in [2.05, 4.69) is 36.2 Å². The van der Waals surface area contributed by atoms with Gasteiger partial charge in [-0.15, -0.1) is 0 Å². The van der Waals surface area contributed by atoms with Crippen LogP contribution in [0.5, 0.6) is 0 Å². The molecule has 2 heteroatoms. The van der Waals surface area contributed by atoms with Crippen molar-refractivity contribution in [2.45, 2.75) is 39.0 Å². The molecule has 0 bridgehead atoms. The van der Waals surface area contributed by atoms with E-state index in [1.807, 2.05) is 18.3 Å². The third-order valence-electron chi connectivity index (χ3n) is 3.33. The molecular weight excluding hydrogens is 254 g/mol. The minimum atomic E-state index is 0.538. The molecule has 0 aliphatic heterocycles. The quantitative estimate of drug-likeness (QED) is 0.498. The third-order valence-corrected chi connectivity index (χ3v) is 3.56. The molecule has 0 aliphatic rings. The van der Waals surface area contributed by atoms with Crippen molar-refractivity contribution in [1.82, 2.24) is 4.98 Å². The molecule has 0 unspecified atom stereocenters. The molecule has 100 valence electrons. The van der Waals surface area contributed by atoms with E-state index in [0.29, 0.717) is 5.15 Å². The van der Waals surface area contributed by atoms with Crippen LogP contribution < -0.4 is 0 Å². The van der Waals surface area contributed by atoms with Crippen LogP contribution in [0.25, 0.3) is 11.1 Å². The number of hydrogen-bond acceptors (Lipinski definition) is 1. The highest BCUT2D eigenvalue weighted by Crippen LogP contribution is 2.20. The molecule has 19 heavy (non-hydrogen) atoms. The molecule has 2 aromatic rings. The molecule has 0 atom stereocenters. The van der Waals surface area contributed by atoms with E-state index in [-0.39, 0.29) is 0 Å². The van der Waals surface area contributed by atoms with Crippen molar-refractivity contribution >= 4 is 11.6 Å². The summed E-state index contributed by atoms with van der Waals surface area (Å²) in [6.45, 7) is 2.24. The highest BCUT2D eigenvalue weighted by molar-refractivity contribution is 6.29. The third kappa shape index (κ3) is 4.36. The molecule has 1 aromatic heterocycles. The Kier molecular flexibility index (Phi) is 5.41. The van der Waals surface area contributed by atoms with E-state index in [4.69, 9.17) is 11.6 Å². The predicted molar refractivity (Wildman–Crippen MR) is 82.5 cm³/mol. The Bertz CT molecular complexity index is 488. The molecular formula is C17H20ClN. The normalized spacial score (nSPS) is 10.6. The van der Waals surface area contributed by atoms with Crippen LogP contribution in [0.3, 0.4) is 0 Å². The van der Waals surface area contributed by atoms with Crippen LogP contribution in [0.1, 0.15) is 38.2 Å². The van der Waals surface area contributed by atoms with E-state index in [1.165, 1.54) is 43.2 Å². The first kappa shape index (κ1) is 14.1. The number of aromatic nitrogens is 1. The first-order valence-electron chi connectivity index (χ1n) is 7.00. The maximum atomic E-state index is 5.80. The van der Waals surface area contributed by atoms with Crippen molar-refractivity contribution < 1.29 is 0 Å². The lowest BCUT2D eigenvalue weighted by molar-refractivity contribution is 0.667. The predicted octanol–water partition coefficient (Wildman–Crippen LogP) is 5.52. The molecule has 1 heterocycles. The van der Waals surface area contributed by atoms with Gasteiger partial charge in [0.05, 0.1) is 0 Å². The van der Waals surface area contributed by atoms with Crippen molar-refractivity contribution in [1.29, 1.82) is 0 Å². The lowest BCUT2D eigenvalue weighted by Crippen LogP contribution is -1.87.